The molecule has 28 heavy (non-hydrogen) atoms. The number of rotatable bonds is 2. The maximum Gasteiger partial charge on any atom is 0.309 e. The predicted octanol–water partition coefficient (Wildman–Crippen LogP) is 4.27. The molecule has 2 heterocycles. The van der Waals surface area contributed by atoms with Crippen LogP contribution in [0.5, 0.6) is 0 Å². The first-order valence-electron chi connectivity index (χ1n) is 11.1. The number of fused-ring (bicyclic) bond motifs is 1. The van der Waals surface area contributed by atoms with E-state index in [9.17, 15) is 9.59 Å². The number of cyclic esters (lactones) is 1. The van der Waals surface area contributed by atoms with Gasteiger partial charge in [-0.3, -0.25) is 9.59 Å². The first-order chi connectivity index (χ1) is 13.0. The van der Waals surface area contributed by atoms with Crippen LogP contribution >= 0.6 is 0 Å². The van der Waals surface area contributed by atoms with Gasteiger partial charge in [0, 0.05) is 17.8 Å². The van der Waals surface area contributed by atoms with Gasteiger partial charge < -0.3 is 14.2 Å². The average molecular weight is 393 g/mol. The normalized spacial score (nSPS) is 49.4. The van der Waals surface area contributed by atoms with E-state index in [-0.39, 0.29) is 51.9 Å². The van der Waals surface area contributed by atoms with Gasteiger partial charge in [-0.15, -0.1) is 0 Å². The van der Waals surface area contributed by atoms with E-state index in [0.717, 1.165) is 32.1 Å². The smallest absolute Gasteiger partial charge is 0.309 e. The van der Waals surface area contributed by atoms with Crippen molar-refractivity contribution in [3.05, 3.63) is 0 Å². The molecule has 0 amide bonds. The Bertz CT molecular complexity index is 686. The molecule has 2 aliphatic carbocycles. The molecule has 2 aliphatic heterocycles. The van der Waals surface area contributed by atoms with Crippen LogP contribution in [0.3, 0.4) is 0 Å². The third kappa shape index (κ3) is 2.41. The van der Waals surface area contributed by atoms with Crippen molar-refractivity contribution in [2.75, 3.05) is 6.61 Å². The lowest BCUT2D eigenvalue weighted by Gasteiger charge is -2.67. The second-order valence-corrected chi connectivity index (χ2v) is 10.7. The zero-order chi connectivity index (χ0) is 20.5. The van der Waals surface area contributed by atoms with Crippen molar-refractivity contribution in [1.82, 2.24) is 0 Å². The predicted molar refractivity (Wildman–Crippen MR) is 104 cm³/mol. The standard InChI is InChI=1S/C23H36O5/c1-7-22-10-11-23(28-22)14(2)8-9-17-20(4,5)18(27-15(3)24)12-16(21(17,23)6)19(25)26-13-22/h14,16-18H,7-13H2,1-6H3/t14-,16?,17-,18?,21-,22-,23+/m0/s1. The fourth-order valence-electron chi connectivity index (χ4n) is 7.57. The Morgan fingerprint density at radius 2 is 1.93 bits per heavy atom. The summed E-state index contributed by atoms with van der Waals surface area (Å²) >= 11 is 0. The van der Waals surface area contributed by atoms with Crippen LogP contribution in [-0.4, -0.2) is 35.9 Å². The summed E-state index contributed by atoms with van der Waals surface area (Å²) in [6, 6.07) is 0. The van der Waals surface area contributed by atoms with Crippen molar-refractivity contribution in [2.24, 2.45) is 28.6 Å². The number of carbonyl (C=O) groups excluding carboxylic acids is 2. The number of ether oxygens (including phenoxy) is 3. The van der Waals surface area contributed by atoms with Gasteiger partial charge in [0.1, 0.15) is 18.3 Å². The van der Waals surface area contributed by atoms with Gasteiger partial charge in [-0.1, -0.05) is 34.6 Å². The largest absolute Gasteiger partial charge is 0.462 e. The van der Waals surface area contributed by atoms with Crippen molar-refractivity contribution < 1.29 is 23.8 Å². The van der Waals surface area contributed by atoms with Crippen LogP contribution in [-0.2, 0) is 23.8 Å². The van der Waals surface area contributed by atoms with Gasteiger partial charge in [0.15, 0.2) is 0 Å². The third-order valence-electron chi connectivity index (χ3n) is 9.29. The van der Waals surface area contributed by atoms with Crippen LogP contribution in [0.15, 0.2) is 0 Å². The van der Waals surface area contributed by atoms with Gasteiger partial charge in [-0.25, -0.2) is 0 Å². The SMILES string of the molecule is CC[C@@]12CC[C@@]3(O1)[C@@H](C)CC[C@H]1C(C)(C)C(OC(C)=O)CC(C(=O)OC2)[C@@]13C. The molecule has 2 unspecified atom stereocenters. The van der Waals surface area contributed by atoms with Gasteiger partial charge in [0.2, 0.25) is 0 Å². The minimum Gasteiger partial charge on any atom is -0.462 e. The zero-order valence-electron chi connectivity index (χ0n) is 18.3. The highest BCUT2D eigenvalue weighted by molar-refractivity contribution is 5.75. The molecule has 0 aromatic heterocycles. The van der Waals surface area contributed by atoms with Gasteiger partial charge in [-0.05, 0) is 50.4 Å². The Balaban J connectivity index is 1.87. The number of hydrogen-bond acceptors (Lipinski definition) is 5. The minimum absolute atomic E-state index is 0.123. The van der Waals surface area contributed by atoms with Gasteiger partial charge in [-0.2, -0.15) is 0 Å². The summed E-state index contributed by atoms with van der Waals surface area (Å²) < 4.78 is 18.7. The lowest BCUT2D eigenvalue weighted by atomic mass is 9.40. The van der Waals surface area contributed by atoms with E-state index < -0.39 is 0 Å². The summed E-state index contributed by atoms with van der Waals surface area (Å²) in [6.45, 7) is 13.0. The van der Waals surface area contributed by atoms with E-state index in [4.69, 9.17) is 14.2 Å². The topological polar surface area (TPSA) is 61.8 Å². The van der Waals surface area contributed by atoms with E-state index in [2.05, 4.69) is 34.6 Å². The monoisotopic (exact) mass is 392 g/mol. The molecule has 4 aliphatic rings. The maximum atomic E-state index is 13.3. The Morgan fingerprint density at radius 3 is 2.57 bits per heavy atom. The average Bonchev–Trinajstić information content (AvgIpc) is 3.02. The molecule has 0 aromatic carbocycles. The molecule has 0 N–H and O–H groups in total. The molecule has 158 valence electrons. The fraction of sp³-hybridized carbons (Fsp3) is 0.913. The Kier molecular flexibility index (Phi) is 4.47. The lowest BCUT2D eigenvalue weighted by Crippen LogP contribution is -2.70. The second kappa shape index (κ2) is 6.20. The van der Waals surface area contributed by atoms with Crippen molar-refractivity contribution in [3.8, 4) is 0 Å². The highest BCUT2D eigenvalue weighted by Crippen LogP contribution is 2.70. The zero-order valence-corrected chi connectivity index (χ0v) is 18.3. The maximum absolute atomic E-state index is 13.3. The molecule has 0 radical (unpaired) electrons. The van der Waals surface area contributed by atoms with E-state index in [1.807, 2.05) is 0 Å². The van der Waals surface area contributed by atoms with Crippen molar-refractivity contribution in [3.63, 3.8) is 0 Å². The van der Waals surface area contributed by atoms with Crippen molar-refractivity contribution in [2.45, 2.75) is 97.4 Å². The molecule has 5 heteroatoms. The Hall–Kier alpha value is -1.10. The molecule has 4 rings (SSSR count). The summed E-state index contributed by atoms with van der Waals surface area (Å²) in [6.07, 6.45) is 5.15. The Morgan fingerprint density at radius 1 is 1.21 bits per heavy atom. The fourth-order valence-corrected chi connectivity index (χ4v) is 7.57. The van der Waals surface area contributed by atoms with Crippen LogP contribution in [0.2, 0.25) is 0 Å². The van der Waals surface area contributed by atoms with Gasteiger partial charge >= 0.3 is 11.9 Å². The van der Waals surface area contributed by atoms with Gasteiger partial charge in [0.25, 0.3) is 0 Å². The first kappa shape index (κ1) is 20.2. The number of hydrogen-bond donors (Lipinski definition) is 0. The first-order valence-corrected chi connectivity index (χ1v) is 11.1. The molecule has 7 atom stereocenters. The van der Waals surface area contributed by atoms with Crippen LogP contribution < -0.4 is 0 Å². The molecule has 5 nitrogen and oxygen atoms in total. The minimum atomic E-state index is -0.351. The van der Waals surface area contributed by atoms with Crippen LogP contribution in [0, 0.1) is 28.6 Å². The lowest BCUT2D eigenvalue weighted by molar-refractivity contribution is -0.296. The summed E-state index contributed by atoms with van der Waals surface area (Å²) in [4.78, 5) is 25.2. The van der Waals surface area contributed by atoms with E-state index >= 15 is 0 Å². The van der Waals surface area contributed by atoms with Crippen molar-refractivity contribution in [1.29, 1.82) is 0 Å². The number of esters is 2. The Labute approximate surface area is 168 Å². The van der Waals surface area contributed by atoms with Crippen molar-refractivity contribution >= 4 is 11.9 Å². The quantitative estimate of drug-likeness (QED) is 0.657. The van der Waals surface area contributed by atoms with Crippen LogP contribution in [0.25, 0.3) is 0 Å². The van der Waals surface area contributed by atoms with E-state index in [1.165, 1.54) is 6.92 Å². The third-order valence-corrected chi connectivity index (χ3v) is 9.29. The highest BCUT2D eigenvalue weighted by atomic mass is 16.6. The molecule has 2 saturated carbocycles. The molecule has 2 bridgehead atoms. The van der Waals surface area contributed by atoms with Crippen LogP contribution in [0.1, 0.15) is 80.1 Å². The summed E-state index contributed by atoms with van der Waals surface area (Å²) in [5, 5.41) is 0. The summed E-state index contributed by atoms with van der Waals surface area (Å²) in [7, 11) is 0. The second-order valence-electron chi connectivity index (χ2n) is 10.7. The highest BCUT2D eigenvalue weighted by Gasteiger charge is 2.73. The molecule has 1 spiro atoms. The summed E-state index contributed by atoms with van der Waals surface area (Å²) in [5.41, 5.74) is -1.20. The molecule has 4 fully saturated rings. The molecule has 2 saturated heterocycles. The number of carbonyl (C=O) groups is 2. The van der Waals surface area contributed by atoms with E-state index in [1.54, 1.807) is 0 Å². The summed E-state index contributed by atoms with van der Waals surface area (Å²) in [5.74, 6) is -0.0663. The van der Waals surface area contributed by atoms with Crippen LogP contribution in [0.4, 0.5) is 0 Å². The molecular formula is C23H36O5. The molecule has 0 aromatic rings. The van der Waals surface area contributed by atoms with E-state index in [0.29, 0.717) is 18.9 Å². The van der Waals surface area contributed by atoms with Gasteiger partial charge in [0.05, 0.1) is 11.5 Å². The molecular weight excluding hydrogens is 356 g/mol.